The van der Waals surface area contributed by atoms with Gasteiger partial charge in [0.05, 0.1) is 36.8 Å². The third-order valence-electron chi connectivity index (χ3n) is 10.8. The Morgan fingerprint density at radius 1 is 0.730 bits per heavy atom. The van der Waals surface area contributed by atoms with Crippen LogP contribution in [0.5, 0.6) is 0 Å². The van der Waals surface area contributed by atoms with Crippen LogP contribution in [0.15, 0.2) is 106 Å². The van der Waals surface area contributed by atoms with E-state index in [4.69, 9.17) is 0 Å². The molecule has 0 atom stereocenters. The van der Waals surface area contributed by atoms with Crippen LogP contribution in [0, 0.1) is 0 Å². The Balaban J connectivity index is 1.52. The van der Waals surface area contributed by atoms with Gasteiger partial charge in [0.1, 0.15) is 30.4 Å². The molecule has 1 N–H and O–H groups in total. The van der Waals surface area contributed by atoms with Gasteiger partial charge in [-0.2, -0.15) is 4.58 Å². The SMILES string of the molecule is CC1(C)C(/C=C/C=C(/C=C/C=C2/N(CCS(=O)(=O)[O-])c3ccc(S(=O)(=O)[O-])cc3C2(C)C)CCC(=O)NCCN2C(=O)C=CC2=O)=[N+](CCS(=O)(=O)[O-])c2ccc(S(=O)(=O)[O-])cc21. The summed E-state index contributed by atoms with van der Waals surface area (Å²) in [7, 11) is -19.2. The van der Waals surface area contributed by atoms with E-state index in [0.29, 0.717) is 39.5 Å². The molecule has 2 aromatic carbocycles. The van der Waals surface area contributed by atoms with Crippen LogP contribution in [0.2, 0.25) is 0 Å². The number of imide groups is 1. The van der Waals surface area contributed by atoms with E-state index in [1.165, 1.54) is 33.7 Å². The van der Waals surface area contributed by atoms with Crippen molar-refractivity contribution >= 4 is 75.3 Å². The minimum atomic E-state index is -4.87. The average Bonchev–Trinajstić information content (AvgIpc) is 3.68. The predicted octanol–water partition coefficient (Wildman–Crippen LogP) is 1.50. The Kier molecular flexibility index (Phi) is 14.1. The van der Waals surface area contributed by atoms with Gasteiger partial charge in [-0.1, -0.05) is 38.2 Å². The second-order valence-corrected chi connectivity index (χ2v) is 21.6. The minimum absolute atomic E-state index is 0.0307. The Morgan fingerprint density at radius 2 is 1.32 bits per heavy atom. The molecule has 0 bridgehead atoms. The standard InChI is InChI=1S/C40H46N4O15S4/c1-39(2)30-25-28(62(54,55)56)12-14-32(30)42(21-23-60(48,49)50)34(39)9-5-7-27(11-16-36(45)41-19-20-44-37(46)17-18-38(44)47)8-6-10-35-40(3,4)31-26-29(63(57,58)59)13-15-33(31)43(35)22-24-61(51,52)53/h5-10,12-15,17-18,25-26H,11,16,19-24H2,1-4H3,(H4-,41,45,48,49,50,51,52,53,54,55,56,57,58,59)/p-3. The molecule has 3 heterocycles. The first-order valence-electron chi connectivity index (χ1n) is 19.1. The van der Waals surface area contributed by atoms with Crippen LogP contribution in [-0.2, 0) is 65.7 Å². The maximum absolute atomic E-state index is 13.0. The van der Waals surface area contributed by atoms with Crippen LogP contribution in [0.3, 0.4) is 0 Å². The predicted molar refractivity (Wildman–Crippen MR) is 224 cm³/mol. The lowest BCUT2D eigenvalue weighted by Crippen LogP contribution is -2.38. The lowest BCUT2D eigenvalue weighted by Gasteiger charge is -2.27. The van der Waals surface area contributed by atoms with E-state index in [1.54, 1.807) is 64.2 Å². The van der Waals surface area contributed by atoms with Crippen LogP contribution in [0.25, 0.3) is 0 Å². The number of carbonyl (C=O) groups is 3. The molecule has 0 spiro atoms. The third kappa shape index (κ3) is 11.7. The van der Waals surface area contributed by atoms with Crippen LogP contribution in [-0.4, -0.2) is 122 Å². The van der Waals surface area contributed by atoms with Crippen molar-refractivity contribution in [3.05, 3.63) is 107 Å². The highest BCUT2D eigenvalue weighted by atomic mass is 32.2. The zero-order valence-corrected chi connectivity index (χ0v) is 37.6. The van der Waals surface area contributed by atoms with E-state index >= 15 is 0 Å². The van der Waals surface area contributed by atoms with Crippen molar-refractivity contribution < 1.29 is 70.8 Å². The maximum Gasteiger partial charge on any atom is 0.253 e. The zero-order valence-electron chi connectivity index (χ0n) is 34.3. The van der Waals surface area contributed by atoms with Crippen molar-refractivity contribution in [2.24, 2.45) is 0 Å². The maximum atomic E-state index is 13.0. The molecular weight excluding hydrogens is 905 g/mol. The van der Waals surface area contributed by atoms with Gasteiger partial charge in [-0.3, -0.25) is 19.3 Å². The van der Waals surface area contributed by atoms with E-state index in [0.717, 1.165) is 29.2 Å². The van der Waals surface area contributed by atoms with Crippen LogP contribution >= 0.6 is 0 Å². The quantitative estimate of drug-likeness (QED) is 0.0958. The van der Waals surface area contributed by atoms with E-state index in [-0.39, 0.29) is 39.0 Å². The topological polar surface area (TPSA) is 302 Å². The number of nitrogens with zero attached hydrogens (tertiary/aromatic N) is 3. The van der Waals surface area contributed by atoms with Gasteiger partial charge < -0.3 is 28.4 Å². The van der Waals surface area contributed by atoms with Crippen molar-refractivity contribution in [2.45, 2.75) is 61.2 Å². The molecule has 23 heteroatoms. The van der Waals surface area contributed by atoms with Gasteiger partial charge in [0.25, 0.3) is 11.8 Å². The van der Waals surface area contributed by atoms with E-state index in [9.17, 15) is 66.3 Å². The molecule has 0 saturated heterocycles. The monoisotopic (exact) mass is 947 g/mol. The summed E-state index contributed by atoms with van der Waals surface area (Å²) in [6, 6.07) is 7.25. The minimum Gasteiger partial charge on any atom is -0.748 e. The smallest absolute Gasteiger partial charge is 0.253 e. The van der Waals surface area contributed by atoms with Crippen molar-refractivity contribution in [3.63, 3.8) is 0 Å². The molecule has 0 aromatic heterocycles. The molecule has 63 heavy (non-hydrogen) atoms. The van der Waals surface area contributed by atoms with E-state index < -0.39 is 90.3 Å². The molecule has 2 aromatic rings. The lowest BCUT2D eigenvalue weighted by atomic mass is 9.81. The summed E-state index contributed by atoms with van der Waals surface area (Å²) >= 11 is 0. The number of nitrogens with one attached hydrogen (secondary N) is 1. The molecular formula is C40H43N4O15S4-3. The highest BCUT2D eigenvalue weighted by molar-refractivity contribution is 7.86. The zero-order chi connectivity index (χ0) is 46.9. The largest absolute Gasteiger partial charge is 0.748 e. The second kappa shape index (κ2) is 18.2. The number of rotatable bonds is 18. The van der Waals surface area contributed by atoms with Crippen LogP contribution in [0.1, 0.15) is 51.7 Å². The number of anilines is 1. The average molecular weight is 948 g/mol. The number of allylic oxidation sites excluding steroid dienone is 8. The number of carbonyl (C=O) groups excluding carboxylic acids is 3. The molecule has 3 amide bonds. The summed E-state index contributed by atoms with van der Waals surface area (Å²) in [5.41, 5.74) is 0.764. The number of fused-ring (bicyclic) bond motifs is 2. The summed E-state index contributed by atoms with van der Waals surface area (Å²) in [5, 5.41) is 2.65. The van der Waals surface area contributed by atoms with Crippen LogP contribution in [0.4, 0.5) is 11.4 Å². The molecule has 0 unspecified atom stereocenters. The fourth-order valence-corrected chi connectivity index (χ4v) is 9.37. The Bertz CT molecular complexity index is 2870. The van der Waals surface area contributed by atoms with E-state index in [2.05, 4.69) is 5.32 Å². The molecule has 0 saturated carbocycles. The van der Waals surface area contributed by atoms with Gasteiger partial charge in [0, 0.05) is 72.7 Å². The van der Waals surface area contributed by atoms with Crippen LogP contribution < -0.4 is 10.2 Å². The summed E-state index contributed by atoms with van der Waals surface area (Å²) < 4.78 is 143. The Morgan fingerprint density at radius 3 is 1.90 bits per heavy atom. The van der Waals surface area contributed by atoms with Crippen molar-refractivity contribution in [1.29, 1.82) is 0 Å². The molecule has 3 aliphatic heterocycles. The first-order valence-corrected chi connectivity index (χ1v) is 25.0. The molecule has 0 radical (unpaired) electrons. The second-order valence-electron chi connectivity index (χ2n) is 15.8. The normalized spacial score (nSPS) is 18.4. The molecule has 5 rings (SSSR count). The number of hydrogen-bond donors (Lipinski definition) is 1. The first kappa shape index (κ1) is 48.9. The summed E-state index contributed by atoms with van der Waals surface area (Å²) in [6.45, 7) is 6.10. The van der Waals surface area contributed by atoms with Crippen molar-refractivity contribution in [1.82, 2.24) is 10.2 Å². The summed E-state index contributed by atoms with van der Waals surface area (Å²) in [4.78, 5) is 38.2. The fraction of sp³-hybridized carbons (Fsp3) is 0.350. The fourth-order valence-electron chi connectivity index (χ4n) is 7.56. The lowest BCUT2D eigenvalue weighted by molar-refractivity contribution is -0.432. The summed E-state index contributed by atoms with van der Waals surface area (Å²) in [5.74, 6) is -3.09. The number of amides is 3. The highest BCUT2D eigenvalue weighted by Crippen LogP contribution is 2.48. The van der Waals surface area contributed by atoms with Gasteiger partial charge in [-0.15, -0.1) is 0 Å². The van der Waals surface area contributed by atoms with Crippen molar-refractivity contribution in [3.8, 4) is 0 Å². The van der Waals surface area contributed by atoms with Crippen molar-refractivity contribution in [2.75, 3.05) is 42.6 Å². The third-order valence-corrected chi connectivity index (χ3v) is 13.8. The highest BCUT2D eigenvalue weighted by Gasteiger charge is 2.45. The molecule has 3 aliphatic rings. The van der Waals surface area contributed by atoms with Gasteiger partial charge in [-0.25, -0.2) is 33.7 Å². The van der Waals surface area contributed by atoms with Gasteiger partial charge in [0.2, 0.25) is 11.6 Å². The molecule has 0 fully saturated rings. The Hall–Kier alpha value is -5.14. The van der Waals surface area contributed by atoms with Gasteiger partial charge >= 0.3 is 0 Å². The Labute approximate surface area is 365 Å². The number of benzene rings is 2. The first-order chi connectivity index (χ1) is 29.0. The number of hydrogen-bond acceptors (Lipinski definition) is 16. The molecule has 19 nitrogen and oxygen atoms in total. The van der Waals surface area contributed by atoms with Gasteiger partial charge in [-0.05, 0) is 67.8 Å². The molecule has 340 valence electrons. The summed E-state index contributed by atoms with van der Waals surface area (Å²) in [6.07, 6.45) is 11.8. The molecule has 0 aliphatic carbocycles. The van der Waals surface area contributed by atoms with Gasteiger partial charge in [0.15, 0.2) is 12.3 Å². The van der Waals surface area contributed by atoms with E-state index in [1.807, 2.05) is 0 Å².